The van der Waals surface area contributed by atoms with Crippen LogP contribution in [0.2, 0.25) is 0 Å². The van der Waals surface area contributed by atoms with Gasteiger partial charge in [0.05, 0.1) is 11.8 Å². The second kappa shape index (κ2) is 7.00. The van der Waals surface area contributed by atoms with Crippen molar-refractivity contribution in [1.82, 2.24) is 15.0 Å². The van der Waals surface area contributed by atoms with Crippen LogP contribution in [0.3, 0.4) is 0 Å². The first-order valence-corrected chi connectivity index (χ1v) is 7.78. The van der Waals surface area contributed by atoms with Crippen LogP contribution in [-0.2, 0) is 0 Å². The van der Waals surface area contributed by atoms with Gasteiger partial charge in [-0.05, 0) is 44.2 Å². The molecule has 3 rings (SSSR count). The van der Waals surface area contributed by atoms with Gasteiger partial charge in [0.15, 0.2) is 0 Å². The number of hydrazone groups is 1. The van der Waals surface area contributed by atoms with Crippen molar-refractivity contribution in [1.29, 1.82) is 0 Å². The van der Waals surface area contributed by atoms with Crippen molar-refractivity contribution in [2.24, 2.45) is 5.10 Å². The quantitative estimate of drug-likeness (QED) is 0.569. The number of carbonyl (C=O) groups excluding carboxylic acids is 1. The Morgan fingerprint density at radius 2 is 1.92 bits per heavy atom. The number of carbonyl (C=O) groups is 1. The summed E-state index contributed by atoms with van der Waals surface area (Å²) in [6.45, 7) is 3.99. The number of aromatic hydroxyl groups is 1. The lowest BCUT2D eigenvalue weighted by Gasteiger charge is -2.08. The highest BCUT2D eigenvalue weighted by Gasteiger charge is 2.11. The Morgan fingerprint density at radius 3 is 2.64 bits per heavy atom. The summed E-state index contributed by atoms with van der Waals surface area (Å²) in [5.41, 5.74) is 6.59. The fourth-order valence-corrected chi connectivity index (χ4v) is 2.70. The molecule has 3 aromatic rings. The number of pyridine rings is 1. The number of phenolic OH excluding ortho intramolecular Hbond substituents is 1. The standard InChI is InChI=1S/C19H18N4O2/c1-13-11-15(14(2)23(13)16-7-9-20-10-8-16)12-21-22-19(25)17-5-3-4-6-18(17)24/h3-12,24H,1-2H3,(H,22,25). The van der Waals surface area contributed by atoms with E-state index in [1.807, 2.05) is 32.0 Å². The van der Waals surface area contributed by atoms with E-state index in [-0.39, 0.29) is 11.3 Å². The fourth-order valence-electron chi connectivity index (χ4n) is 2.70. The van der Waals surface area contributed by atoms with Crippen molar-refractivity contribution in [3.8, 4) is 11.4 Å². The van der Waals surface area contributed by atoms with Crippen LogP contribution in [-0.4, -0.2) is 26.8 Å². The van der Waals surface area contributed by atoms with Crippen molar-refractivity contribution in [3.05, 3.63) is 77.4 Å². The third kappa shape index (κ3) is 3.42. The molecule has 2 aromatic heterocycles. The summed E-state index contributed by atoms with van der Waals surface area (Å²) in [5.74, 6) is -0.539. The van der Waals surface area contributed by atoms with Crippen molar-refractivity contribution in [2.45, 2.75) is 13.8 Å². The third-order valence-electron chi connectivity index (χ3n) is 3.91. The lowest BCUT2D eigenvalue weighted by Crippen LogP contribution is -2.17. The molecule has 0 fully saturated rings. The van der Waals surface area contributed by atoms with E-state index in [9.17, 15) is 9.90 Å². The Morgan fingerprint density at radius 1 is 1.20 bits per heavy atom. The van der Waals surface area contributed by atoms with Gasteiger partial charge in [0.1, 0.15) is 5.75 Å². The number of nitrogens with zero attached hydrogens (tertiary/aromatic N) is 3. The predicted molar refractivity (Wildman–Crippen MR) is 96.2 cm³/mol. The van der Waals surface area contributed by atoms with Gasteiger partial charge < -0.3 is 9.67 Å². The molecular formula is C19H18N4O2. The molecule has 2 heterocycles. The first-order chi connectivity index (χ1) is 12.1. The SMILES string of the molecule is Cc1cc(C=NNC(=O)c2ccccc2O)c(C)n1-c1ccncc1. The fraction of sp³-hybridized carbons (Fsp3) is 0.105. The molecule has 0 saturated carbocycles. The zero-order chi connectivity index (χ0) is 17.8. The topological polar surface area (TPSA) is 79.5 Å². The van der Waals surface area contributed by atoms with Gasteiger partial charge in [0.2, 0.25) is 0 Å². The Bertz CT molecular complexity index is 930. The van der Waals surface area contributed by atoms with Crippen LogP contribution >= 0.6 is 0 Å². The van der Waals surface area contributed by atoms with Crippen LogP contribution < -0.4 is 5.43 Å². The molecule has 0 unspecified atom stereocenters. The summed E-state index contributed by atoms with van der Waals surface area (Å²) in [6.07, 6.45) is 5.08. The monoisotopic (exact) mass is 334 g/mol. The highest BCUT2D eigenvalue weighted by Crippen LogP contribution is 2.19. The molecule has 6 nitrogen and oxygen atoms in total. The summed E-state index contributed by atoms with van der Waals surface area (Å²) >= 11 is 0. The molecule has 0 spiro atoms. The highest BCUT2D eigenvalue weighted by atomic mass is 16.3. The average Bonchev–Trinajstić information content (AvgIpc) is 2.89. The van der Waals surface area contributed by atoms with Gasteiger partial charge in [0, 0.05) is 35.0 Å². The van der Waals surface area contributed by atoms with Crippen molar-refractivity contribution < 1.29 is 9.90 Å². The summed E-state index contributed by atoms with van der Waals surface area (Å²) < 4.78 is 2.09. The molecule has 25 heavy (non-hydrogen) atoms. The van der Waals surface area contributed by atoms with Gasteiger partial charge >= 0.3 is 0 Å². The van der Waals surface area contributed by atoms with E-state index >= 15 is 0 Å². The maximum atomic E-state index is 12.0. The van der Waals surface area contributed by atoms with E-state index < -0.39 is 5.91 Å². The van der Waals surface area contributed by atoms with Crippen LogP contribution in [0.4, 0.5) is 0 Å². The Balaban J connectivity index is 1.79. The lowest BCUT2D eigenvalue weighted by atomic mass is 10.2. The van der Waals surface area contributed by atoms with Gasteiger partial charge in [-0.15, -0.1) is 0 Å². The highest BCUT2D eigenvalue weighted by molar-refractivity contribution is 5.97. The molecule has 0 atom stereocenters. The summed E-state index contributed by atoms with van der Waals surface area (Å²) in [6, 6.07) is 12.2. The normalized spacial score (nSPS) is 11.0. The van der Waals surface area contributed by atoms with Crippen LogP contribution in [0.5, 0.6) is 5.75 Å². The minimum Gasteiger partial charge on any atom is -0.507 e. The Hall–Kier alpha value is -3.41. The second-order valence-corrected chi connectivity index (χ2v) is 5.58. The first-order valence-electron chi connectivity index (χ1n) is 7.78. The smallest absolute Gasteiger partial charge is 0.275 e. The third-order valence-corrected chi connectivity index (χ3v) is 3.91. The number of amides is 1. The van der Waals surface area contributed by atoms with Crippen LogP contribution in [0, 0.1) is 13.8 Å². The summed E-state index contributed by atoms with van der Waals surface area (Å²) in [4.78, 5) is 16.1. The largest absolute Gasteiger partial charge is 0.507 e. The number of rotatable bonds is 4. The van der Waals surface area contributed by atoms with E-state index in [4.69, 9.17) is 0 Å². The van der Waals surface area contributed by atoms with E-state index in [0.29, 0.717) is 0 Å². The van der Waals surface area contributed by atoms with Gasteiger partial charge in [-0.25, -0.2) is 5.43 Å². The minimum atomic E-state index is -0.461. The van der Waals surface area contributed by atoms with Gasteiger partial charge in [0.25, 0.3) is 5.91 Å². The number of hydrogen-bond acceptors (Lipinski definition) is 4. The first kappa shape index (κ1) is 16.4. The van der Waals surface area contributed by atoms with Crippen molar-refractivity contribution in [2.75, 3.05) is 0 Å². The number of hydrogen-bond donors (Lipinski definition) is 2. The van der Waals surface area contributed by atoms with Crippen LogP contribution in [0.25, 0.3) is 5.69 Å². The van der Waals surface area contributed by atoms with Gasteiger partial charge in [-0.1, -0.05) is 12.1 Å². The molecule has 2 N–H and O–H groups in total. The number of benzene rings is 1. The molecule has 0 saturated heterocycles. The number of aryl methyl sites for hydroxylation is 1. The van der Waals surface area contributed by atoms with Crippen molar-refractivity contribution >= 4 is 12.1 Å². The average molecular weight is 334 g/mol. The maximum Gasteiger partial charge on any atom is 0.275 e. The number of phenols is 1. The van der Waals surface area contributed by atoms with Crippen molar-refractivity contribution in [3.63, 3.8) is 0 Å². The zero-order valence-corrected chi connectivity index (χ0v) is 14.0. The predicted octanol–water partition coefficient (Wildman–Crippen LogP) is 2.96. The molecule has 1 aromatic carbocycles. The number of para-hydroxylation sites is 1. The zero-order valence-electron chi connectivity index (χ0n) is 14.0. The van der Waals surface area contributed by atoms with Gasteiger partial charge in [-0.2, -0.15) is 5.10 Å². The molecule has 0 radical (unpaired) electrons. The molecule has 0 aliphatic carbocycles. The molecule has 6 heteroatoms. The van der Waals surface area contributed by atoms with Gasteiger partial charge in [-0.3, -0.25) is 9.78 Å². The Labute approximate surface area is 145 Å². The molecule has 0 aliphatic rings. The van der Waals surface area contributed by atoms with E-state index in [2.05, 4.69) is 20.1 Å². The maximum absolute atomic E-state index is 12.0. The van der Waals surface area contributed by atoms with Crippen LogP contribution in [0.15, 0.2) is 60.0 Å². The number of aromatic nitrogens is 2. The second-order valence-electron chi connectivity index (χ2n) is 5.58. The van der Waals surface area contributed by atoms with E-state index in [0.717, 1.165) is 22.6 Å². The molecule has 0 bridgehead atoms. The molecule has 0 aliphatic heterocycles. The lowest BCUT2D eigenvalue weighted by molar-refractivity contribution is 0.0952. The molecule has 126 valence electrons. The van der Waals surface area contributed by atoms with E-state index in [1.165, 1.54) is 12.1 Å². The number of nitrogens with one attached hydrogen (secondary N) is 1. The minimum absolute atomic E-state index is 0.0777. The van der Waals surface area contributed by atoms with Crippen LogP contribution in [0.1, 0.15) is 27.3 Å². The molecular weight excluding hydrogens is 316 g/mol. The van der Waals surface area contributed by atoms with E-state index in [1.54, 1.807) is 30.7 Å². The Kier molecular flexibility index (Phi) is 4.61. The summed E-state index contributed by atoms with van der Waals surface area (Å²) in [7, 11) is 0. The summed E-state index contributed by atoms with van der Waals surface area (Å²) in [5, 5.41) is 13.7. The molecule has 1 amide bonds.